The highest BCUT2D eigenvalue weighted by atomic mass is 35.5. The molecular weight excluding hydrogens is 333 g/mol. The van der Waals surface area contributed by atoms with Gasteiger partial charge in [0.15, 0.2) is 0 Å². The van der Waals surface area contributed by atoms with Crippen LogP contribution in [0.25, 0.3) is 11.3 Å². The largest absolute Gasteiger partial charge is 0.495 e. The lowest BCUT2D eigenvalue weighted by molar-refractivity contribution is 0.415. The van der Waals surface area contributed by atoms with Gasteiger partial charge in [0.2, 0.25) is 0 Å². The molecular formula is C18H15Cl2NO2. The lowest BCUT2D eigenvalue weighted by atomic mass is 10.2. The highest BCUT2D eigenvalue weighted by molar-refractivity contribution is 6.32. The Morgan fingerprint density at radius 1 is 1.00 bits per heavy atom. The molecule has 1 N–H and O–H groups in total. The van der Waals surface area contributed by atoms with Crippen LogP contribution in [0.2, 0.25) is 10.0 Å². The number of furan rings is 1. The Labute approximate surface area is 144 Å². The fourth-order valence-corrected chi connectivity index (χ4v) is 2.59. The van der Waals surface area contributed by atoms with Crippen LogP contribution in [-0.2, 0) is 6.54 Å². The number of anilines is 1. The number of ether oxygens (including phenoxy) is 1. The second-order valence-corrected chi connectivity index (χ2v) is 5.82. The lowest BCUT2D eigenvalue weighted by Gasteiger charge is -2.05. The van der Waals surface area contributed by atoms with E-state index in [1.54, 1.807) is 7.11 Å². The van der Waals surface area contributed by atoms with Crippen LogP contribution in [0.3, 0.4) is 0 Å². The quantitative estimate of drug-likeness (QED) is 0.626. The second kappa shape index (κ2) is 6.99. The van der Waals surface area contributed by atoms with Crippen LogP contribution in [-0.4, -0.2) is 7.11 Å². The van der Waals surface area contributed by atoms with E-state index in [1.807, 2.05) is 54.6 Å². The first-order valence-corrected chi connectivity index (χ1v) is 7.83. The molecule has 0 radical (unpaired) electrons. The zero-order valence-corrected chi connectivity index (χ0v) is 14.0. The molecule has 0 atom stereocenters. The van der Waals surface area contributed by atoms with Crippen molar-refractivity contribution < 1.29 is 9.15 Å². The first-order chi connectivity index (χ1) is 11.2. The first-order valence-electron chi connectivity index (χ1n) is 7.08. The molecule has 0 aliphatic heterocycles. The highest BCUT2D eigenvalue weighted by Gasteiger charge is 2.08. The predicted octanol–water partition coefficient (Wildman–Crippen LogP) is 5.87. The summed E-state index contributed by atoms with van der Waals surface area (Å²) in [5.74, 6) is 2.25. The Morgan fingerprint density at radius 3 is 2.48 bits per heavy atom. The topological polar surface area (TPSA) is 34.4 Å². The van der Waals surface area contributed by atoms with Crippen molar-refractivity contribution in [1.29, 1.82) is 0 Å². The molecule has 0 aliphatic carbocycles. The number of halogens is 2. The van der Waals surface area contributed by atoms with E-state index in [0.29, 0.717) is 22.3 Å². The van der Waals surface area contributed by atoms with Crippen molar-refractivity contribution in [2.45, 2.75) is 6.54 Å². The third kappa shape index (κ3) is 3.81. The summed E-state index contributed by atoms with van der Waals surface area (Å²) in [4.78, 5) is 0. The number of methoxy groups -OCH3 is 1. The Morgan fingerprint density at radius 2 is 1.78 bits per heavy atom. The smallest absolute Gasteiger partial charge is 0.137 e. The summed E-state index contributed by atoms with van der Waals surface area (Å²) in [7, 11) is 1.59. The van der Waals surface area contributed by atoms with E-state index in [4.69, 9.17) is 32.4 Å². The van der Waals surface area contributed by atoms with Gasteiger partial charge in [-0.1, -0.05) is 23.2 Å². The number of hydrogen-bond donors (Lipinski definition) is 1. The van der Waals surface area contributed by atoms with Crippen molar-refractivity contribution in [2.75, 3.05) is 12.4 Å². The maximum absolute atomic E-state index is 6.15. The molecule has 0 unspecified atom stereocenters. The van der Waals surface area contributed by atoms with Gasteiger partial charge in [-0.2, -0.15) is 0 Å². The van der Waals surface area contributed by atoms with E-state index in [9.17, 15) is 0 Å². The average molecular weight is 348 g/mol. The van der Waals surface area contributed by atoms with Crippen LogP contribution in [0.4, 0.5) is 5.69 Å². The Bertz CT molecular complexity index is 797. The summed E-state index contributed by atoms with van der Waals surface area (Å²) in [5.41, 5.74) is 1.90. The van der Waals surface area contributed by atoms with E-state index in [0.717, 1.165) is 22.8 Å². The second-order valence-electron chi connectivity index (χ2n) is 4.98. The molecule has 0 amide bonds. The summed E-state index contributed by atoms with van der Waals surface area (Å²) >= 11 is 12.0. The summed E-state index contributed by atoms with van der Waals surface area (Å²) < 4.78 is 11.0. The van der Waals surface area contributed by atoms with Crippen LogP contribution < -0.4 is 10.1 Å². The van der Waals surface area contributed by atoms with Gasteiger partial charge in [-0.05, 0) is 54.6 Å². The minimum atomic E-state index is 0.558. The summed E-state index contributed by atoms with van der Waals surface area (Å²) in [6.45, 7) is 0.589. The third-order valence-electron chi connectivity index (χ3n) is 3.41. The zero-order chi connectivity index (χ0) is 16.2. The molecule has 3 aromatic rings. The lowest BCUT2D eigenvalue weighted by Crippen LogP contribution is -1.97. The van der Waals surface area contributed by atoms with Gasteiger partial charge in [-0.15, -0.1) is 0 Å². The molecule has 3 rings (SSSR count). The van der Waals surface area contributed by atoms with E-state index in [-0.39, 0.29) is 0 Å². The molecule has 118 valence electrons. The van der Waals surface area contributed by atoms with Gasteiger partial charge in [0.05, 0.1) is 18.7 Å². The Kier molecular flexibility index (Phi) is 4.79. The van der Waals surface area contributed by atoms with Crippen LogP contribution in [0.1, 0.15) is 5.76 Å². The van der Waals surface area contributed by atoms with Crippen molar-refractivity contribution in [1.82, 2.24) is 0 Å². The predicted molar refractivity (Wildman–Crippen MR) is 94.5 cm³/mol. The minimum Gasteiger partial charge on any atom is -0.495 e. The third-order valence-corrected chi connectivity index (χ3v) is 3.96. The monoisotopic (exact) mass is 347 g/mol. The minimum absolute atomic E-state index is 0.558. The standard InChI is InChI=1S/C18H15Cl2NO2/c1-22-18-8-2-12(10-16(18)20)17-9-7-15(23-17)11-21-14-5-3-13(19)4-6-14/h2-10,21H,11H2,1H3. The molecule has 3 nitrogen and oxygen atoms in total. The van der Waals surface area contributed by atoms with Gasteiger partial charge in [0.25, 0.3) is 0 Å². The van der Waals surface area contributed by atoms with Gasteiger partial charge in [-0.25, -0.2) is 0 Å². The number of benzene rings is 2. The van der Waals surface area contributed by atoms with Gasteiger partial charge in [0, 0.05) is 16.3 Å². The Hall–Kier alpha value is -2.10. The van der Waals surface area contributed by atoms with Gasteiger partial charge in [-0.3, -0.25) is 0 Å². The molecule has 1 heterocycles. The molecule has 0 aliphatic rings. The maximum atomic E-state index is 6.15. The SMILES string of the molecule is COc1ccc(-c2ccc(CNc3ccc(Cl)cc3)o2)cc1Cl. The summed E-state index contributed by atoms with van der Waals surface area (Å²) in [6.07, 6.45) is 0. The highest BCUT2D eigenvalue weighted by Crippen LogP contribution is 2.31. The molecule has 0 spiro atoms. The molecule has 1 aromatic heterocycles. The van der Waals surface area contributed by atoms with Crippen molar-refractivity contribution in [3.63, 3.8) is 0 Å². The van der Waals surface area contributed by atoms with E-state index in [2.05, 4.69) is 5.32 Å². The molecule has 0 saturated heterocycles. The van der Waals surface area contributed by atoms with Gasteiger partial charge < -0.3 is 14.5 Å². The zero-order valence-electron chi connectivity index (χ0n) is 12.5. The van der Waals surface area contributed by atoms with Crippen LogP contribution in [0.5, 0.6) is 5.75 Å². The molecule has 0 bridgehead atoms. The summed E-state index contributed by atoms with van der Waals surface area (Å²) in [5, 5.41) is 4.56. The molecule has 23 heavy (non-hydrogen) atoms. The van der Waals surface area contributed by atoms with E-state index < -0.39 is 0 Å². The van der Waals surface area contributed by atoms with Crippen LogP contribution in [0, 0.1) is 0 Å². The fourth-order valence-electron chi connectivity index (χ4n) is 2.20. The van der Waals surface area contributed by atoms with Crippen molar-refractivity contribution in [3.8, 4) is 17.1 Å². The number of nitrogens with one attached hydrogen (secondary N) is 1. The van der Waals surface area contributed by atoms with E-state index >= 15 is 0 Å². The fraction of sp³-hybridized carbons (Fsp3) is 0.111. The first kappa shape index (κ1) is 15.8. The average Bonchev–Trinajstić information content (AvgIpc) is 3.03. The van der Waals surface area contributed by atoms with Gasteiger partial charge in [0.1, 0.15) is 17.3 Å². The van der Waals surface area contributed by atoms with Crippen LogP contribution >= 0.6 is 23.2 Å². The van der Waals surface area contributed by atoms with E-state index in [1.165, 1.54) is 0 Å². The number of rotatable bonds is 5. The summed E-state index contributed by atoms with van der Waals surface area (Å²) in [6, 6.07) is 17.0. The molecule has 2 aromatic carbocycles. The Balaban J connectivity index is 1.70. The normalized spacial score (nSPS) is 10.6. The van der Waals surface area contributed by atoms with Crippen molar-refractivity contribution in [2.24, 2.45) is 0 Å². The molecule has 5 heteroatoms. The van der Waals surface area contributed by atoms with Crippen molar-refractivity contribution >= 4 is 28.9 Å². The van der Waals surface area contributed by atoms with Crippen molar-refractivity contribution in [3.05, 3.63) is 70.4 Å². The molecule has 0 fully saturated rings. The molecule has 0 saturated carbocycles. The maximum Gasteiger partial charge on any atom is 0.137 e. The van der Waals surface area contributed by atoms with Crippen LogP contribution in [0.15, 0.2) is 59.0 Å². The van der Waals surface area contributed by atoms with Gasteiger partial charge >= 0.3 is 0 Å². The number of hydrogen-bond acceptors (Lipinski definition) is 3.